The van der Waals surface area contributed by atoms with Gasteiger partial charge in [-0.1, -0.05) is 30.3 Å². The van der Waals surface area contributed by atoms with Crippen LogP contribution >= 0.6 is 0 Å². The van der Waals surface area contributed by atoms with E-state index in [0.717, 1.165) is 37.6 Å². The zero-order valence-electron chi connectivity index (χ0n) is 15.2. The van der Waals surface area contributed by atoms with Crippen molar-refractivity contribution in [3.8, 4) is 5.69 Å². The molecule has 5 heteroatoms. The van der Waals surface area contributed by atoms with Crippen molar-refractivity contribution in [1.82, 2.24) is 14.9 Å². The maximum Gasteiger partial charge on any atom is 0.251 e. The van der Waals surface area contributed by atoms with Crippen LogP contribution in [0, 0.1) is 0 Å². The minimum atomic E-state index is -0.0486. The average Bonchev–Trinajstić information content (AvgIpc) is 3.40. The number of amides is 1. The SMILES string of the molecule is O=C(NCCc1ccccc1)c1ccc(-n2ccnc2C2CCOC2)cc1. The van der Waals surface area contributed by atoms with Crippen LogP contribution in [-0.4, -0.2) is 35.2 Å². The summed E-state index contributed by atoms with van der Waals surface area (Å²) in [6.45, 7) is 2.14. The highest BCUT2D eigenvalue weighted by Crippen LogP contribution is 2.26. The molecular weight excluding hydrogens is 338 g/mol. The second-order valence-electron chi connectivity index (χ2n) is 6.75. The molecule has 0 spiro atoms. The minimum absolute atomic E-state index is 0.0486. The van der Waals surface area contributed by atoms with Crippen molar-refractivity contribution < 1.29 is 9.53 Å². The normalized spacial score (nSPS) is 16.4. The van der Waals surface area contributed by atoms with Crippen LogP contribution in [0.3, 0.4) is 0 Å². The number of carbonyl (C=O) groups excluding carboxylic acids is 1. The predicted octanol–water partition coefficient (Wildman–Crippen LogP) is 3.35. The topological polar surface area (TPSA) is 56.2 Å². The van der Waals surface area contributed by atoms with Gasteiger partial charge in [0.25, 0.3) is 5.91 Å². The standard InChI is InChI=1S/C22H23N3O2/c26-22(24-12-10-17-4-2-1-3-5-17)18-6-8-20(9-7-18)25-14-13-23-21(25)19-11-15-27-16-19/h1-9,13-14,19H,10-12,15-16H2,(H,24,26). The molecule has 1 saturated heterocycles. The summed E-state index contributed by atoms with van der Waals surface area (Å²) < 4.78 is 7.57. The minimum Gasteiger partial charge on any atom is -0.381 e. The Hall–Kier alpha value is -2.92. The molecule has 1 N–H and O–H groups in total. The van der Waals surface area contributed by atoms with Gasteiger partial charge in [0.1, 0.15) is 5.82 Å². The first-order valence-electron chi connectivity index (χ1n) is 9.35. The van der Waals surface area contributed by atoms with Crippen LogP contribution in [0.25, 0.3) is 5.69 Å². The Balaban J connectivity index is 1.39. The molecule has 5 nitrogen and oxygen atoms in total. The summed E-state index contributed by atoms with van der Waals surface area (Å²) >= 11 is 0. The molecule has 0 aliphatic carbocycles. The maximum atomic E-state index is 12.4. The third-order valence-corrected chi connectivity index (χ3v) is 4.91. The van der Waals surface area contributed by atoms with Crippen molar-refractivity contribution in [3.63, 3.8) is 0 Å². The highest BCUT2D eigenvalue weighted by atomic mass is 16.5. The van der Waals surface area contributed by atoms with Gasteiger partial charge >= 0.3 is 0 Å². The quantitative estimate of drug-likeness (QED) is 0.733. The van der Waals surface area contributed by atoms with Crippen molar-refractivity contribution in [1.29, 1.82) is 0 Å². The zero-order chi connectivity index (χ0) is 18.5. The number of rotatable bonds is 6. The second kappa shape index (κ2) is 8.18. The van der Waals surface area contributed by atoms with Gasteiger partial charge in [-0.25, -0.2) is 4.98 Å². The predicted molar refractivity (Wildman–Crippen MR) is 104 cm³/mol. The number of nitrogens with one attached hydrogen (secondary N) is 1. The van der Waals surface area contributed by atoms with E-state index in [4.69, 9.17) is 4.74 Å². The number of benzene rings is 2. The summed E-state index contributed by atoms with van der Waals surface area (Å²) in [7, 11) is 0. The number of hydrogen-bond acceptors (Lipinski definition) is 3. The van der Waals surface area contributed by atoms with Crippen molar-refractivity contribution in [2.75, 3.05) is 19.8 Å². The van der Waals surface area contributed by atoms with E-state index in [1.54, 1.807) is 0 Å². The van der Waals surface area contributed by atoms with E-state index in [9.17, 15) is 4.79 Å². The molecule has 1 unspecified atom stereocenters. The van der Waals surface area contributed by atoms with Crippen LogP contribution in [0.1, 0.15) is 34.1 Å². The van der Waals surface area contributed by atoms with Crippen molar-refractivity contribution >= 4 is 5.91 Å². The second-order valence-corrected chi connectivity index (χ2v) is 6.75. The molecule has 1 fully saturated rings. The number of nitrogens with zero attached hydrogens (tertiary/aromatic N) is 2. The lowest BCUT2D eigenvalue weighted by molar-refractivity contribution is 0.0954. The lowest BCUT2D eigenvalue weighted by Gasteiger charge is -2.12. The van der Waals surface area contributed by atoms with Crippen LogP contribution in [0.4, 0.5) is 0 Å². The third-order valence-electron chi connectivity index (χ3n) is 4.91. The summed E-state index contributed by atoms with van der Waals surface area (Å²) in [5.74, 6) is 1.31. The smallest absolute Gasteiger partial charge is 0.251 e. The van der Waals surface area contributed by atoms with Gasteiger partial charge in [-0.3, -0.25) is 4.79 Å². The molecule has 1 amide bonds. The van der Waals surface area contributed by atoms with Gasteiger partial charge in [0, 0.05) is 42.7 Å². The fourth-order valence-corrected chi connectivity index (χ4v) is 3.41. The molecule has 4 rings (SSSR count). The molecule has 1 aliphatic rings. The first-order chi connectivity index (χ1) is 13.3. The van der Waals surface area contributed by atoms with E-state index >= 15 is 0 Å². The molecule has 2 heterocycles. The lowest BCUT2D eigenvalue weighted by atomic mass is 10.1. The zero-order valence-corrected chi connectivity index (χ0v) is 15.2. The molecule has 138 valence electrons. The number of imidazole rings is 1. The van der Waals surface area contributed by atoms with Crippen LogP contribution in [-0.2, 0) is 11.2 Å². The summed E-state index contributed by atoms with van der Waals surface area (Å²) in [4.78, 5) is 16.9. The monoisotopic (exact) mass is 361 g/mol. The summed E-state index contributed by atoms with van der Waals surface area (Å²) in [5.41, 5.74) is 2.89. The summed E-state index contributed by atoms with van der Waals surface area (Å²) in [6, 6.07) is 17.8. The first-order valence-corrected chi connectivity index (χ1v) is 9.35. The van der Waals surface area contributed by atoms with Crippen molar-refractivity contribution in [3.05, 3.63) is 83.9 Å². The van der Waals surface area contributed by atoms with Crippen molar-refractivity contribution in [2.24, 2.45) is 0 Å². The highest BCUT2D eigenvalue weighted by molar-refractivity contribution is 5.94. The number of ether oxygens (including phenoxy) is 1. The maximum absolute atomic E-state index is 12.4. The fraction of sp³-hybridized carbons (Fsp3) is 0.273. The molecule has 3 aromatic rings. The van der Waals surface area contributed by atoms with E-state index in [1.807, 2.05) is 54.9 Å². The van der Waals surface area contributed by atoms with E-state index in [2.05, 4.69) is 27.0 Å². The van der Waals surface area contributed by atoms with E-state index < -0.39 is 0 Å². The third kappa shape index (κ3) is 4.09. The van der Waals surface area contributed by atoms with Crippen LogP contribution in [0.5, 0.6) is 0 Å². The largest absolute Gasteiger partial charge is 0.381 e. The highest BCUT2D eigenvalue weighted by Gasteiger charge is 2.22. The number of hydrogen-bond donors (Lipinski definition) is 1. The fourth-order valence-electron chi connectivity index (χ4n) is 3.41. The molecular formula is C22H23N3O2. The average molecular weight is 361 g/mol. The molecule has 1 aliphatic heterocycles. The molecule has 0 saturated carbocycles. The first kappa shape index (κ1) is 17.5. The molecule has 2 aromatic carbocycles. The van der Waals surface area contributed by atoms with Gasteiger partial charge in [-0.2, -0.15) is 0 Å². The lowest BCUT2D eigenvalue weighted by Crippen LogP contribution is -2.25. The molecule has 27 heavy (non-hydrogen) atoms. The molecule has 0 bridgehead atoms. The van der Waals surface area contributed by atoms with E-state index in [1.165, 1.54) is 5.56 Å². The Bertz CT molecular complexity index is 881. The Labute approximate surface area is 159 Å². The Morgan fingerprint density at radius 3 is 2.70 bits per heavy atom. The van der Waals surface area contributed by atoms with Gasteiger partial charge < -0.3 is 14.6 Å². The van der Waals surface area contributed by atoms with E-state index in [0.29, 0.717) is 18.0 Å². The van der Waals surface area contributed by atoms with Gasteiger partial charge in [-0.15, -0.1) is 0 Å². The summed E-state index contributed by atoms with van der Waals surface area (Å²) in [6.07, 6.45) is 5.60. The Morgan fingerprint density at radius 1 is 1.15 bits per heavy atom. The Morgan fingerprint density at radius 2 is 1.96 bits per heavy atom. The van der Waals surface area contributed by atoms with Crippen LogP contribution in [0.15, 0.2) is 67.0 Å². The van der Waals surface area contributed by atoms with Crippen LogP contribution < -0.4 is 5.32 Å². The molecule has 1 aromatic heterocycles. The van der Waals surface area contributed by atoms with Crippen molar-refractivity contribution in [2.45, 2.75) is 18.8 Å². The van der Waals surface area contributed by atoms with Gasteiger partial charge in [0.15, 0.2) is 0 Å². The Kier molecular flexibility index (Phi) is 5.30. The molecule has 1 atom stereocenters. The van der Waals surface area contributed by atoms with Gasteiger partial charge in [0.05, 0.1) is 6.61 Å². The van der Waals surface area contributed by atoms with Gasteiger partial charge in [-0.05, 0) is 42.7 Å². The van der Waals surface area contributed by atoms with E-state index in [-0.39, 0.29) is 5.91 Å². The summed E-state index contributed by atoms with van der Waals surface area (Å²) in [5, 5.41) is 2.98. The number of carbonyl (C=O) groups is 1. The van der Waals surface area contributed by atoms with Crippen LogP contribution in [0.2, 0.25) is 0 Å². The number of aromatic nitrogens is 2. The van der Waals surface area contributed by atoms with Gasteiger partial charge in [0.2, 0.25) is 0 Å². The molecule has 0 radical (unpaired) electrons.